The van der Waals surface area contributed by atoms with Crippen LogP contribution >= 0.6 is 0 Å². The third kappa shape index (κ3) is 5.73. The molecule has 3 atom stereocenters. The Morgan fingerprint density at radius 1 is 1.14 bits per heavy atom. The van der Waals surface area contributed by atoms with E-state index in [0.29, 0.717) is 31.5 Å². The molecule has 3 aliphatic rings. The van der Waals surface area contributed by atoms with Gasteiger partial charge in [0.2, 0.25) is 5.95 Å². The summed E-state index contributed by atoms with van der Waals surface area (Å²) in [4.78, 5) is 26.7. The van der Waals surface area contributed by atoms with Crippen molar-refractivity contribution in [2.24, 2.45) is 5.92 Å². The number of nitrogens with one attached hydrogen (secondary N) is 2. The molecule has 2 aliphatic heterocycles. The van der Waals surface area contributed by atoms with Crippen molar-refractivity contribution >= 4 is 23.5 Å². The van der Waals surface area contributed by atoms with Crippen molar-refractivity contribution in [1.82, 2.24) is 14.9 Å². The van der Waals surface area contributed by atoms with Crippen LogP contribution in [0.3, 0.4) is 0 Å². The van der Waals surface area contributed by atoms with E-state index in [4.69, 9.17) is 14.7 Å². The lowest BCUT2D eigenvalue weighted by Gasteiger charge is -2.28. The number of amides is 2. The summed E-state index contributed by atoms with van der Waals surface area (Å²) in [6.45, 7) is 8.78. The molecule has 0 unspecified atom stereocenters. The third-order valence-electron chi connectivity index (χ3n) is 7.70. The van der Waals surface area contributed by atoms with Gasteiger partial charge in [-0.3, -0.25) is 0 Å². The van der Waals surface area contributed by atoms with Crippen LogP contribution in [0.2, 0.25) is 0 Å². The van der Waals surface area contributed by atoms with Crippen LogP contribution in [0.25, 0.3) is 11.3 Å². The summed E-state index contributed by atoms with van der Waals surface area (Å²) in [5.41, 5.74) is 3.62. The van der Waals surface area contributed by atoms with E-state index in [9.17, 15) is 9.90 Å². The molecular weight excluding hydrogens is 456 g/mol. The molecule has 0 radical (unpaired) electrons. The Morgan fingerprint density at radius 3 is 2.69 bits per heavy atom. The van der Waals surface area contributed by atoms with E-state index in [1.165, 1.54) is 0 Å². The minimum Gasteiger partial charge on any atom is -0.393 e. The van der Waals surface area contributed by atoms with Gasteiger partial charge in [-0.2, -0.15) is 4.98 Å². The molecule has 1 aliphatic carbocycles. The number of ether oxygens (including phenoxy) is 1. The predicted octanol–water partition coefficient (Wildman–Crippen LogP) is 3.88. The summed E-state index contributed by atoms with van der Waals surface area (Å²) in [7, 11) is 0. The lowest BCUT2D eigenvalue weighted by Crippen LogP contribution is -2.37. The number of aromatic nitrogens is 2. The van der Waals surface area contributed by atoms with Crippen LogP contribution in [0, 0.1) is 12.8 Å². The molecule has 3 N–H and O–H groups in total. The number of aryl methyl sites for hydroxylation is 1. The van der Waals surface area contributed by atoms with Crippen LogP contribution in [-0.2, 0) is 4.74 Å². The number of benzene rings is 1. The van der Waals surface area contributed by atoms with Gasteiger partial charge in [0.1, 0.15) is 5.82 Å². The summed E-state index contributed by atoms with van der Waals surface area (Å²) in [5, 5.41) is 16.5. The quantitative estimate of drug-likeness (QED) is 0.560. The molecule has 194 valence electrons. The third-order valence-corrected chi connectivity index (χ3v) is 7.70. The monoisotopic (exact) mass is 494 g/mol. The smallest absolute Gasteiger partial charge is 0.321 e. The molecule has 36 heavy (non-hydrogen) atoms. The standard InChI is InChI=1S/C27H38N6O3/c1-3-19-8-9-33(17-19)27(35)29-21-5-4-18(2)23(15-21)24-16-25(32-10-12-36-13-11-32)31-26(30-24)28-20-6-7-22(34)14-20/h4-5,15-16,19-20,22,34H,3,6-14,17H2,1-2H3,(H,29,35)(H,28,30,31)/t19-,20-,22+/m1/s1. The van der Waals surface area contributed by atoms with Crippen molar-refractivity contribution in [1.29, 1.82) is 0 Å². The second-order valence-corrected chi connectivity index (χ2v) is 10.3. The van der Waals surface area contributed by atoms with Gasteiger partial charge in [0, 0.05) is 49.5 Å². The molecule has 0 spiro atoms. The van der Waals surface area contributed by atoms with Crippen LogP contribution in [0.1, 0.15) is 44.6 Å². The fraction of sp³-hybridized carbons (Fsp3) is 0.593. The molecule has 1 aromatic heterocycles. The number of urea groups is 1. The molecule has 2 amide bonds. The second-order valence-electron chi connectivity index (χ2n) is 10.3. The second kappa shape index (κ2) is 11.0. The van der Waals surface area contributed by atoms with Gasteiger partial charge in [-0.1, -0.05) is 19.4 Å². The zero-order valence-corrected chi connectivity index (χ0v) is 21.4. The Hall–Kier alpha value is -2.91. The Kier molecular flexibility index (Phi) is 7.57. The zero-order chi connectivity index (χ0) is 25.1. The van der Waals surface area contributed by atoms with E-state index in [-0.39, 0.29) is 18.2 Å². The lowest BCUT2D eigenvalue weighted by atomic mass is 10.0. The van der Waals surface area contributed by atoms with Gasteiger partial charge in [-0.05, 0) is 56.2 Å². The Labute approximate surface area is 213 Å². The fourth-order valence-electron chi connectivity index (χ4n) is 5.39. The van der Waals surface area contributed by atoms with Gasteiger partial charge >= 0.3 is 6.03 Å². The number of aliphatic hydroxyl groups is 1. The average Bonchev–Trinajstić information content (AvgIpc) is 3.54. The van der Waals surface area contributed by atoms with Gasteiger partial charge < -0.3 is 30.3 Å². The van der Waals surface area contributed by atoms with Crippen molar-refractivity contribution in [2.45, 2.75) is 58.1 Å². The molecule has 1 aromatic carbocycles. The number of anilines is 3. The van der Waals surface area contributed by atoms with Crippen molar-refractivity contribution in [3.05, 3.63) is 29.8 Å². The number of carbonyl (C=O) groups excluding carboxylic acids is 1. The van der Waals surface area contributed by atoms with Crippen LogP contribution < -0.4 is 15.5 Å². The Morgan fingerprint density at radius 2 is 1.97 bits per heavy atom. The van der Waals surface area contributed by atoms with Crippen molar-refractivity contribution < 1.29 is 14.6 Å². The molecule has 1 saturated carbocycles. The number of hydrogen-bond acceptors (Lipinski definition) is 7. The van der Waals surface area contributed by atoms with Crippen LogP contribution in [0.15, 0.2) is 24.3 Å². The number of likely N-dealkylation sites (tertiary alicyclic amines) is 1. The first-order valence-corrected chi connectivity index (χ1v) is 13.3. The van der Waals surface area contributed by atoms with Gasteiger partial charge in [0.15, 0.2) is 0 Å². The zero-order valence-electron chi connectivity index (χ0n) is 21.4. The van der Waals surface area contributed by atoms with Crippen molar-refractivity contribution in [3.8, 4) is 11.3 Å². The van der Waals surface area contributed by atoms with Crippen LogP contribution in [0.4, 0.5) is 22.2 Å². The number of aliphatic hydroxyl groups excluding tert-OH is 1. The van der Waals surface area contributed by atoms with E-state index in [2.05, 4.69) is 29.4 Å². The maximum absolute atomic E-state index is 12.9. The van der Waals surface area contributed by atoms with E-state index in [1.807, 2.05) is 29.2 Å². The Bertz CT molecular complexity index is 1070. The SMILES string of the molecule is CC[C@@H]1CCN(C(=O)Nc2ccc(C)c(-c3cc(N4CCOCC4)nc(N[C@@H]4CC[C@H](O)C4)n3)c2)C1. The summed E-state index contributed by atoms with van der Waals surface area (Å²) in [6, 6.07) is 8.13. The molecule has 0 bridgehead atoms. The number of morpholine rings is 1. The Balaban J connectivity index is 1.41. The number of carbonyl (C=O) groups is 1. The molecular formula is C27H38N6O3. The highest BCUT2D eigenvalue weighted by atomic mass is 16.5. The molecule has 5 rings (SSSR count). The molecule has 3 fully saturated rings. The number of rotatable bonds is 6. The van der Waals surface area contributed by atoms with Crippen molar-refractivity contribution in [2.75, 3.05) is 54.9 Å². The molecule has 3 heterocycles. The van der Waals surface area contributed by atoms with Crippen LogP contribution in [-0.4, -0.2) is 77.5 Å². The van der Waals surface area contributed by atoms with E-state index >= 15 is 0 Å². The maximum atomic E-state index is 12.9. The lowest BCUT2D eigenvalue weighted by molar-refractivity contribution is 0.122. The van der Waals surface area contributed by atoms with Gasteiger partial charge in [-0.15, -0.1) is 0 Å². The maximum Gasteiger partial charge on any atom is 0.321 e. The van der Waals surface area contributed by atoms with Crippen molar-refractivity contribution in [3.63, 3.8) is 0 Å². The minimum atomic E-state index is -0.268. The van der Waals surface area contributed by atoms with Gasteiger partial charge in [0.25, 0.3) is 0 Å². The van der Waals surface area contributed by atoms with Gasteiger partial charge in [-0.25, -0.2) is 9.78 Å². The van der Waals surface area contributed by atoms with E-state index < -0.39 is 0 Å². The highest BCUT2D eigenvalue weighted by Gasteiger charge is 2.26. The highest BCUT2D eigenvalue weighted by molar-refractivity contribution is 5.90. The van der Waals surface area contributed by atoms with Gasteiger partial charge in [0.05, 0.1) is 25.0 Å². The fourth-order valence-corrected chi connectivity index (χ4v) is 5.39. The molecule has 9 heteroatoms. The predicted molar refractivity (Wildman–Crippen MR) is 141 cm³/mol. The number of hydrogen-bond donors (Lipinski definition) is 3. The summed E-state index contributed by atoms with van der Waals surface area (Å²) in [6.07, 6.45) is 4.31. The first-order chi connectivity index (χ1) is 17.5. The molecule has 9 nitrogen and oxygen atoms in total. The summed E-state index contributed by atoms with van der Waals surface area (Å²) in [5.74, 6) is 2.03. The number of nitrogens with zero attached hydrogens (tertiary/aromatic N) is 4. The molecule has 2 aromatic rings. The molecule has 2 saturated heterocycles. The normalized spacial score (nSPS) is 24.2. The van der Waals surface area contributed by atoms with Crippen LogP contribution in [0.5, 0.6) is 0 Å². The first-order valence-electron chi connectivity index (χ1n) is 13.3. The largest absolute Gasteiger partial charge is 0.393 e. The average molecular weight is 495 g/mol. The summed E-state index contributed by atoms with van der Waals surface area (Å²) >= 11 is 0. The topological polar surface area (TPSA) is 103 Å². The summed E-state index contributed by atoms with van der Waals surface area (Å²) < 4.78 is 5.54. The minimum absolute atomic E-state index is 0.0420. The van der Waals surface area contributed by atoms with E-state index in [1.54, 1.807) is 0 Å². The van der Waals surface area contributed by atoms with E-state index in [0.717, 1.165) is 80.2 Å². The highest BCUT2D eigenvalue weighted by Crippen LogP contribution is 2.31. The first kappa shape index (κ1) is 24.8.